The Kier molecular flexibility index (Phi) is 3.60. The number of hydrogen-bond donors (Lipinski definition) is 0. The van der Waals surface area contributed by atoms with Crippen LogP contribution >= 0.6 is 43.2 Å². The van der Waals surface area contributed by atoms with Crippen molar-refractivity contribution in [3.8, 4) is 11.1 Å². The molecule has 0 radical (unpaired) electrons. The monoisotopic (exact) mass is 430 g/mol. The van der Waals surface area contributed by atoms with Crippen molar-refractivity contribution in [1.82, 2.24) is 0 Å². The summed E-state index contributed by atoms with van der Waals surface area (Å²) in [5, 5.41) is 0. The van der Waals surface area contributed by atoms with Crippen LogP contribution in [-0.2, 0) is 0 Å². The zero-order valence-corrected chi connectivity index (χ0v) is 15.8. The van der Waals surface area contributed by atoms with Crippen LogP contribution in [0.5, 0.6) is 0 Å². The molecule has 3 heteroatoms. The first-order valence-electron chi connectivity index (χ1n) is 7.00. The second kappa shape index (κ2) is 5.48. The molecular formula is C19H12Br2S. The van der Waals surface area contributed by atoms with Crippen LogP contribution in [0.25, 0.3) is 22.8 Å². The third kappa shape index (κ3) is 2.41. The van der Waals surface area contributed by atoms with Crippen molar-refractivity contribution in [3.63, 3.8) is 0 Å². The zero-order valence-electron chi connectivity index (χ0n) is 11.9. The lowest BCUT2D eigenvalue weighted by atomic mass is 10.0. The topological polar surface area (TPSA) is 0 Å². The van der Waals surface area contributed by atoms with E-state index in [4.69, 9.17) is 0 Å². The van der Waals surface area contributed by atoms with Gasteiger partial charge in [-0.3, -0.25) is 0 Å². The van der Waals surface area contributed by atoms with Crippen molar-refractivity contribution in [3.05, 3.63) is 78.4 Å². The second-order valence-corrected chi connectivity index (χ2v) is 8.54. The SMILES string of the molecule is Cc1ccc(C=C2c3cc(Br)ccc3-c3ccc(Br)cc32)s1. The summed E-state index contributed by atoms with van der Waals surface area (Å²) in [6.45, 7) is 2.15. The maximum atomic E-state index is 3.61. The van der Waals surface area contributed by atoms with Gasteiger partial charge in [0, 0.05) is 18.7 Å². The molecule has 0 unspecified atom stereocenters. The lowest BCUT2D eigenvalue weighted by molar-refractivity contribution is 1.60. The molecule has 22 heavy (non-hydrogen) atoms. The van der Waals surface area contributed by atoms with E-state index in [-0.39, 0.29) is 0 Å². The highest BCUT2D eigenvalue weighted by molar-refractivity contribution is 9.10. The zero-order chi connectivity index (χ0) is 15.3. The maximum absolute atomic E-state index is 3.61. The smallest absolute Gasteiger partial charge is 0.0279 e. The molecule has 1 aromatic heterocycles. The Morgan fingerprint density at radius 2 is 1.36 bits per heavy atom. The van der Waals surface area contributed by atoms with Gasteiger partial charge in [-0.15, -0.1) is 11.3 Å². The van der Waals surface area contributed by atoms with E-state index in [0.29, 0.717) is 0 Å². The molecule has 0 nitrogen and oxygen atoms in total. The highest BCUT2D eigenvalue weighted by atomic mass is 79.9. The van der Waals surface area contributed by atoms with E-state index in [1.165, 1.54) is 37.6 Å². The van der Waals surface area contributed by atoms with Gasteiger partial charge >= 0.3 is 0 Å². The highest BCUT2D eigenvalue weighted by Gasteiger charge is 2.23. The van der Waals surface area contributed by atoms with Crippen molar-refractivity contribution in [2.24, 2.45) is 0 Å². The molecule has 0 N–H and O–H groups in total. The lowest BCUT2D eigenvalue weighted by Crippen LogP contribution is -1.81. The minimum Gasteiger partial charge on any atom is -0.141 e. The average Bonchev–Trinajstić information content (AvgIpc) is 3.02. The molecule has 3 aromatic rings. The average molecular weight is 432 g/mol. The van der Waals surface area contributed by atoms with Gasteiger partial charge in [-0.05, 0) is 77.2 Å². The van der Waals surface area contributed by atoms with E-state index in [1.807, 2.05) is 11.3 Å². The molecule has 1 heterocycles. The van der Waals surface area contributed by atoms with Crippen molar-refractivity contribution >= 4 is 54.8 Å². The van der Waals surface area contributed by atoms with E-state index in [2.05, 4.69) is 93.4 Å². The standard InChI is InChI=1S/C19H12Br2S/c1-11-2-5-14(22-11)10-19-17-8-12(20)3-6-15(17)16-7-4-13(21)9-18(16)19/h2-10H,1H3. The predicted molar refractivity (Wildman–Crippen MR) is 103 cm³/mol. The Morgan fingerprint density at radius 3 is 1.86 bits per heavy atom. The first kappa shape index (κ1) is 14.4. The normalized spacial score (nSPS) is 12.2. The summed E-state index contributed by atoms with van der Waals surface area (Å²) in [5.41, 5.74) is 6.52. The van der Waals surface area contributed by atoms with E-state index < -0.39 is 0 Å². The van der Waals surface area contributed by atoms with Gasteiger partial charge in [0.15, 0.2) is 0 Å². The van der Waals surface area contributed by atoms with Crippen molar-refractivity contribution in [2.75, 3.05) is 0 Å². The van der Waals surface area contributed by atoms with Gasteiger partial charge in [0.25, 0.3) is 0 Å². The van der Waals surface area contributed by atoms with Crippen LogP contribution in [0.4, 0.5) is 0 Å². The van der Waals surface area contributed by atoms with Crippen LogP contribution in [-0.4, -0.2) is 0 Å². The fraction of sp³-hybridized carbons (Fsp3) is 0.0526. The van der Waals surface area contributed by atoms with Gasteiger partial charge in [-0.25, -0.2) is 0 Å². The van der Waals surface area contributed by atoms with Crippen LogP contribution in [0.15, 0.2) is 57.5 Å². The largest absolute Gasteiger partial charge is 0.141 e. The van der Waals surface area contributed by atoms with Gasteiger partial charge in [0.05, 0.1) is 0 Å². The molecule has 0 spiro atoms. The Hall–Kier alpha value is -1.16. The summed E-state index contributed by atoms with van der Waals surface area (Å²) in [5.74, 6) is 0. The van der Waals surface area contributed by atoms with E-state index in [1.54, 1.807) is 0 Å². The number of fused-ring (bicyclic) bond motifs is 3. The fourth-order valence-electron chi connectivity index (χ4n) is 2.92. The molecule has 0 fully saturated rings. The van der Waals surface area contributed by atoms with Crippen LogP contribution in [0, 0.1) is 6.92 Å². The van der Waals surface area contributed by atoms with Crippen molar-refractivity contribution in [1.29, 1.82) is 0 Å². The van der Waals surface area contributed by atoms with Crippen molar-refractivity contribution < 1.29 is 0 Å². The Bertz CT molecular complexity index is 865. The summed E-state index contributed by atoms with van der Waals surface area (Å²) in [6, 6.07) is 17.4. The van der Waals surface area contributed by atoms with E-state index in [0.717, 1.165) is 8.95 Å². The third-order valence-electron chi connectivity index (χ3n) is 3.88. The molecule has 0 amide bonds. The first-order valence-corrected chi connectivity index (χ1v) is 9.40. The summed E-state index contributed by atoms with van der Waals surface area (Å²) >= 11 is 9.05. The summed E-state index contributed by atoms with van der Waals surface area (Å²) in [4.78, 5) is 2.64. The highest BCUT2D eigenvalue weighted by Crippen LogP contribution is 2.47. The number of aryl methyl sites for hydroxylation is 1. The molecule has 0 bridgehead atoms. The molecule has 0 saturated carbocycles. The summed E-state index contributed by atoms with van der Waals surface area (Å²) < 4.78 is 2.23. The van der Waals surface area contributed by atoms with E-state index in [9.17, 15) is 0 Å². The number of rotatable bonds is 1. The molecule has 0 atom stereocenters. The van der Waals surface area contributed by atoms with Gasteiger partial charge in [0.1, 0.15) is 0 Å². The number of halogens is 2. The molecular weight excluding hydrogens is 420 g/mol. The van der Waals surface area contributed by atoms with Crippen molar-refractivity contribution in [2.45, 2.75) is 6.92 Å². The molecule has 1 aliphatic carbocycles. The number of hydrogen-bond acceptors (Lipinski definition) is 1. The predicted octanol–water partition coefficient (Wildman–Crippen LogP) is 7.15. The fourth-order valence-corrected chi connectivity index (χ4v) is 4.47. The minimum atomic E-state index is 1.12. The second-order valence-electron chi connectivity index (χ2n) is 5.39. The van der Waals surface area contributed by atoms with Gasteiger partial charge in [-0.2, -0.15) is 0 Å². The molecule has 108 valence electrons. The number of benzene rings is 2. The molecule has 1 aliphatic rings. The van der Waals surface area contributed by atoms with Gasteiger partial charge in [0.2, 0.25) is 0 Å². The van der Waals surface area contributed by atoms with Crippen LogP contribution in [0.2, 0.25) is 0 Å². The van der Waals surface area contributed by atoms with Gasteiger partial charge in [-0.1, -0.05) is 44.0 Å². The Morgan fingerprint density at radius 1 is 0.773 bits per heavy atom. The third-order valence-corrected chi connectivity index (χ3v) is 5.82. The van der Waals surface area contributed by atoms with Crippen LogP contribution in [0.1, 0.15) is 20.9 Å². The lowest BCUT2D eigenvalue weighted by Gasteiger charge is -2.03. The van der Waals surface area contributed by atoms with E-state index >= 15 is 0 Å². The molecule has 4 rings (SSSR count). The molecule has 0 saturated heterocycles. The van der Waals surface area contributed by atoms with Crippen LogP contribution < -0.4 is 0 Å². The number of thiophene rings is 1. The summed E-state index contributed by atoms with van der Waals surface area (Å²) in [6.07, 6.45) is 2.31. The molecule has 0 aliphatic heterocycles. The quantitative estimate of drug-likeness (QED) is 0.300. The maximum Gasteiger partial charge on any atom is 0.0279 e. The molecule has 2 aromatic carbocycles. The van der Waals surface area contributed by atoms with Gasteiger partial charge < -0.3 is 0 Å². The summed E-state index contributed by atoms with van der Waals surface area (Å²) in [7, 11) is 0. The Balaban J connectivity index is 2.00. The Labute approximate surface area is 150 Å². The minimum absolute atomic E-state index is 1.12. The van der Waals surface area contributed by atoms with Crippen LogP contribution in [0.3, 0.4) is 0 Å². The first-order chi connectivity index (χ1) is 10.6.